The van der Waals surface area contributed by atoms with Crippen LogP contribution in [0.1, 0.15) is 65.2 Å². The molecule has 1 saturated heterocycles. The Hall–Kier alpha value is -0.0800. The van der Waals surface area contributed by atoms with Gasteiger partial charge in [-0.25, -0.2) is 0 Å². The van der Waals surface area contributed by atoms with Crippen LogP contribution in [0.4, 0.5) is 0 Å². The van der Waals surface area contributed by atoms with E-state index >= 15 is 0 Å². The lowest BCUT2D eigenvalue weighted by Crippen LogP contribution is -2.49. The van der Waals surface area contributed by atoms with Crippen LogP contribution in [0.25, 0.3) is 0 Å². The minimum absolute atomic E-state index is 0.726. The Morgan fingerprint density at radius 3 is 2.33 bits per heavy atom. The molecule has 0 amide bonds. The smallest absolute Gasteiger partial charge is 0.00966 e. The summed E-state index contributed by atoms with van der Waals surface area (Å²) in [5, 5.41) is 3.94. The molecule has 1 aliphatic heterocycles. The fourth-order valence-corrected chi connectivity index (χ4v) is 3.76. The van der Waals surface area contributed by atoms with Crippen LogP contribution < -0.4 is 5.32 Å². The molecule has 2 heteroatoms. The van der Waals surface area contributed by atoms with E-state index in [1.54, 1.807) is 0 Å². The average molecular weight is 252 g/mol. The first-order valence-electron chi connectivity index (χ1n) is 8.13. The standard InChI is InChI=1S/C16H32N2/c1-13-12-16(10-11-18(13)3)17-14(2)15-8-6-4-5-7-9-15/h13-17H,4-12H2,1-3H3/t13?,14-,16?/m1/s1. The maximum atomic E-state index is 3.94. The van der Waals surface area contributed by atoms with Gasteiger partial charge in [-0.15, -0.1) is 0 Å². The van der Waals surface area contributed by atoms with Crippen molar-refractivity contribution in [2.24, 2.45) is 5.92 Å². The Bertz CT molecular complexity index is 233. The molecule has 0 radical (unpaired) electrons. The van der Waals surface area contributed by atoms with Gasteiger partial charge in [0, 0.05) is 18.1 Å². The Kier molecular flexibility index (Phi) is 5.50. The molecule has 3 atom stereocenters. The van der Waals surface area contributed by atoms with Crippen molar-refractivity contribution in [3.8, 4) is 0 Å². The molecule has 2 fully saturated rings. The summed E-state index contributed by atoms with van der Waals surface area (Å²) >= 11 is 0. The second-order valence-electron chi connectivity index (χ2n) is 6.76. The van der Waals surface area contributed by atoms with Gasteiger partial charge in [0.15, 0.2) is 0 Å². The average Bonchev–Trinajstić information content (AvgIpc) is 2.62. The monoisotopic (exact) mass is 252 g/mol. The highest BCUT2D eigenvalue weighted by Gasteiger charge is 2.26. The quantitative estimate of drug-likeness (QED) is 0.774. The van der Waals surface area contributed by atoms with Crippen LogP contribution in [-0.4, -0.2) is 36.6 Å². The first kappa shape index (κ1) is 14.3. The van der Waals surface area contributed by atoms with Gasteiger partial charge in [0.05, 0.1) is 0 Å². The van der Waals surface area contributed by atoms with Gasteiger partial charge < -0.3 is 10.2 Å². The van der Waals surface area contributed by atoms with Gasteiger partial charge in [-0.2, -0.15) is 0 Å². The van der Waals surface area contributed by atoms with Crippen molar-refractivity contribution in [1.82, 2.24) is 10.2 Å². The molecular formula is C16H32N2. The van der Waals surface area contributed by atoms with Gasteiger partial charge in [0.1, 0.15) is 0 Å². The van der Waals surface area contributed by atoms with E-state index in [1.165, 1.54) is 57.9 Å². The molecule has 0 aromatic rings. The third kappa shape index (κ3) is 3.96. The molecule has 1 heterocycles. The molecule has 0 spiro atoms. The van der Waals surface area contributed by atoms with E-state index in [1.807, 2.05) is 0 Å². The van der Waals surface area contributed by atoms with Crippen molar-refractivity contribution in [2.45, 2.75) is 83.3 Å². The maximum Gasteiger partial charge on any atom is 0.00966 e. The molecule has 2 nitrogen and oxygen atoms in total. The minimum Gasteiger partial charge on any atom is -0.311 e. The zero-order valence-electron chi connectivity index (χ0n) is 12.6. The van der Waals surface area contributed by atoms with Gasteiger partial charge in [0.25, 0.3) is 0 Å². The van der Waals surface area contributed by atoms with Crippen molar-refractivity contribution in [2.75, 3.05) is 13.6 Å². The summed E-state index contributed by atoms with van der Waals surface area (Å²) in [7, 11) is 2.26. The number of likely N-dealkylation sites (tertiary alicyclic amines) is 1. The molecular weight excluding hydrogens is 220 g/mol. The van der Waals surface area contributed by atoms with Crippen LogP contribution in [0.2, 0.25) is 0 Å². The highest BCUT2D eigenvalue weighted by Crippen LogP contribution is 2.26. The van der Waals surface area contributed by atoms with E-state index in [-0.39, 0.29) is 0 Å². The van der Waals surface area contributed by atoms with Crippen LogP contribution in [-0.2, 0) is 0 Å². The van der Waals surface area contributed by atoms with Crippen molar-refractivity contribution >= 4 is 0 Å². The third-order valence-electron chi connectivity index (χ3n) is 5.31. The molecule has 2 aliphatic rings. The van der Waals surface area contributed by atoms with Crippen LogP contribution >= 0.6 is 0 Å². The van der Waals surface area contributed by atoms with Gasteiger partial charge in [-0.3, -0.25) is 0 Å². The lowest BCUT2D eigenvalue weighted by atomic mass is 9.90. The van der Waals surface area contributed by atoms with Crippen molar-refractivity contribution < 1.29 is 0 Å². The van der Waals surface area contributed by atoms with Gasteiger partial charge in [-0.05, 0) is 59.0 Å². The summed E-state index contributed by atoms with van der Waals surface area (Å²) in [6.07, 6.45) is 11.4. The second kappa shape index (κ2) is 6.91. The summed E-state index contributed by atoms with van der Waals surface area (Å²) in [5.41, 5.74) is 0. The fraction of sp³-hybridized carbons (Fsp3) is 1.00. The number of piperidine rings is 1. The lowest BCUT2D eigenvalue weighted by molar-refractivity contribution is 0.155. The number of nitrogens with zero attached hydrogens (tertiary/aromatic N) is 1. The highest BCUT2D eigenvalue weighted by atomic mass is 15.1. The molecule has 106 valence electrons. The Balaban J connectivity index is 1.77. The molecule has 2 unspecified atom stereocenters. The van der Waals surface area contributed by atoms with E-state index in [2.05, 4.69) is 31.1 Å². The van der Waals surface area contributed by atoms with E-state index < -0.39 is 0 Å². The van der Waals surface area contributed by atoms with Crippen LogP contribution in [0.15, 0.2) is 0 Å². The highest BCUT2D eigenvalue weighted by molar-refractivity contribution is 4.85. The van der Waals surface area contributed by atoms with E-state index in [4.69, 9.17) is 0 Å². The predicted molar refractivity (Wildman–Crippen MR) is 78.9 cm³/mol. The molecule has 2 rings (SSSR count). The predicted octanol–water partition coefficient (Wildman–Crippen LogP) is 3.42. The summed E-state index contributed by atoms with van der Waals surface area (Å²) in [5.74, 6) is 0.933. The number of hydrogen-bond acceptors (Lipinski definition) is 2. The molecule has 18 heavy (non-hydrogen) atoms. The summed E-state index contributed by atoms with van der Waals surface area (Å²) < 4.78 is 0. The zero-order valence-corrected chi connectivity index (χ0v) is 12.6. The molecule has 0 bridgehead atoms. The Morgan fingerprint density at radius 1 is 1.06 bits per heavy atom. The van der Waals surface area contributed by atoms with Crippen LogP contribution in [0, 0.1) is 5.92 Å². The van der Waals surface area contributed by atoms with E-state index in [9.17, 15) is 0 Å². The van der Waals surface area contributed by atoms with Crippen LogP contribution in [0.3, 0.4) is 0 Å². The Labute approximate surface area is 114 Å². The first-order chi connectivity index (χ1) is 8.66. The van der Waals surface area contributed by atoms with Crippen LogP contribution in [0.5, 0.6) is 0 Å². The van der Waals surface area contributed by atoms with E-state index in [0.29, 0.717) is 0 Å². The van der Waals surface area contributed by atoms with Crippen molar-refractivity contribution in [3.63, 3.8) is 0 Å². The minimum atomic E-state index is 0.726. The summed E-state index contributed by atoms with van der Waals surface area (Å²) in [6.45, 7) is 6.05. The van der Waals surface area contributed by atoms with Crippen molar-refractivity contribution in [3.05, 3.63) is 0 Å². The Morgan fingerprint density at radius 2 is 1.72 bits per heavy atom. The molecule has 1 aliphatic carbocycles. The largest absolute Gasteiger partial charge is 0.311 e. The second-order valence-corrected chi connectivity index (χ2v) is 6.76. The SMILES string of the molecule is CC1CC(N[C@H](C)C2CCCCCC2)CCN1C. The van der Waals surface area contributed by atoms with Gasteiger partial charge >= 0.3 is 0 Å². The molecule has 0 aromatic heterocycles. The normalized spacial score (nSPS) is 34.2. The summed E-state index contributed by atoms with van der Waals surface area (Å²) in [4.78, 5) is 2.49. The maximum absolute atomic E-state index is 3.94. The number of nitrogens with one attached hydrogen (secondary N) is 1. The lowest BCUT2D eigenvalue weighted by Gasteiger charge is -2.38. The van der Waals surface area contributed by atoms with Crippen molar-refractivity contribution in [1.29, 1.82) is 0 Å². The van der Waals surface area contributed by atoms with Gasteiger partial charge in [-0.1, -0.05) is 25.7 Å². The first-order valence-corrected chi connectivity index (χ1v) is 8.13. The molecule has 1 N–H and O–H groups in total. The topological polar surface area (TPSA) is 15.3 Å². The molecule has 0 aromatic carbocycles. The summed E-state index contributed by atoms with van der Waals surface area (Å²) in [6, 6.07) is 2.23. The number of hydrogen-bond donors (Lipinski definition) is 1. The third-order valence-corrected chi connectivity index (χ3v) is 5.31. The molecule has 1 saturated carbocycles. The zero-order chi connectivity index (χ0) is 13.0. The fourth-order valence-electron chi connectivity index (χ4n) is 3.76. The van der Waals surface area contributed by atoms with E-state index in [0.717, 1.165) is 24.0 Å². The van der Waals surface area contributed by atoms with Gasteiger partial charge in [0.2, 0.25) is 0 Å². The number of rotatable bonds is 3.